The first-order valence-corrected chi connectivity index (χ1v) is 14.2. The van der Waals surface area contributed by atoms with Crippen molar-refractivity contribution in [1.29, 1.82) is 0 Å². The van der Waals surface area contributed by atoms with Gasteiger partial charge in [-0.25, -0.2) is 8.78 Å². The lowest BCUT2D eigenvalue weighted by Gasteiger charge is -2.27. The Morgan fingerprint density at radius 3 is 2.03 bits per heavy atom. The highest BCUT2D eigenvalue weighted by Gasteiger charge is 2.30. The van der Waals surface area contributed by atoms with Crippen LogP contribution in [0, 0.1) is 17.6 Å². The second kappa shape index (κ2) is 12.7. The summed E-state index contributed by atoms with van der Waals surface area (Å²) in [5, 5.41) is 0. The van der Waals surface area contributed by atoms with Gasteiger partial charge in [-0.15, -0.1) is 0 Å². The summed E-state index contributed by atoms with van der Waals surface area (Å²) in [5.41, 5.74) is 5.45. The summed E-state index contributed by atoms with van der Waals surface area (Å²) in [6.07, 6.45) is 18.0. The smallest absolute Gasteiger partial charge is 0.167 e. The molecular weight excluding hydrogens is 474 g/mol. The Labute approximate surface area is 226 Å². The topological polar surface area (TPSA) is 12.5 Å². The lowest BCUT2D eigenvalue weighted by molar-refractivity contribution is 0.375. The van der Waals surface area contributed by atoms with Gasteiger partial charge in [-0.1, -0.05) is 85.0 Å². The minimum atomic E-state index is -0.791. The monoisotopic (exact) mass is 512 g/mol. The highest BCUT2D eigenvalue weighted by molar-refractivity contribution is 5.65. The summed E-state index contributed by atoms with van der Waals surface area (Å²) in [5.74, 6) is -0.211. The van der Waals surface area contributed by atoms with Gasteiger partial charge >= 0.3 is 0 Å². The molecule has 2 fully saturated rings. The maximum Gasteiger partial charge on any atom is 0.167 e. The average molecular weight is 513 g/mol. The Bertz CT molecular complexity index is 1240. The highest BCUT2D eigenvalue weighted by atomic mass is 19.2. The quantitative estimate of drug-likeness (QED) is 0.195. The first-order chi connectivity index (χ1) is 18.6. The van der Waals surface area contributed by atoms with E-state index in [1.807, 2.05) is 24.3 Å². The second-order valence-corrected chi connectivity index (χ2v) is 10.8. The summed E-state index contributed by atoms with van der Waals surface area (Å²) in [6.45, 7) is 2.54. The van der Waals surface area contributed by atoms with Crippen LogP contribution < -0.4 is 0 Å². The standard InChI is InChI=1S/C35H38F2O/c1-2-3-4-7-25-10-16-28(17-11-25)29-18-12-26(13-19-29)8-5-6-9-27-14-20-30(21-15-27)31-22-23-32(33-24-38-33)35(37)34(31)36/h2-3,5,8,10-11,14-17,20-23,26,29,33H,4,6-7,9,12-13,18-19,24H2,1H3/b3-2+,8-5+. The van der Waals surface area contributed by atoms with Gasteiger partial charge in [0.05, 0.1) is 6.61 Å². The van der Waals surface area contributed by atoms with Crippen LogP contribution >= 0.6 is 0 Å². The van der Waals surface area contributed by atoms with Gasteiger partial charge in [0.25, 0.3) is 0 Å². The van der Waals surface area contributed by atoms with E-state index in [9.17, 15) is 8.78 Å². The number of benzene rings is 3. The minimum absolute atomic E-state index is 0.292. The van der Waals surface area contributed by atoms with Crippen LogP contribution in [0.1, 0.15) is 79.7 Å². The molecule has 5 rings (SSSR count). The third-order valence-electron chi connectivity index (χ3n) is 8.12. The molecule has 0 bridgehead atoms. The average Bonchev–Trinajstić information content (AvgIpc) is 3.80. The molecule has 38 heavy (non-hydrogen) atoms. The van der Waals surface area contributed by atoms with Crippen LogP contribution in [0.5, 0.6) is 0 Å². The molecule has 3 aromatic carbocycles. The zero-order valence-corrected chi connectivity index (χ0v) is 22.3. The van der Waals surface area contributed by atoms with Crippen molar-refractivity contribution in [3.63, 3.8) is 0 Å². The van der Waals surface area contributed by atoms with Gasteiger partial charge in [0, 0.05) is 11.1 Å². The SMILES string of the molecule is C/C=C/CCc1ccc(C2CCC(/C=C/CCc3ccc(-c4ccc(C5CO5)c(F)c4F)cc3)CC2)cc1. The molecule has 198 valence electrons. The van der Waals surface area contributed by atoms with E-state index in [1.165, 1.54) is 42.4 Å². The molecule has 0 amide bonds. The summed E-state index contributed by atoms with van der Waals surface area (Å²) in [7, 11) is 0. The van der Waals surface area contributed by atoms with E-state index in [4.69, 9.17) is 4.74 Å². The summed E-state index contributed by atoms with van der Waals surface area (Å²) in [6, 6.07) is 20.4. The first-order valence-electron chi connectivity index (χ1n) is 14.2. The molecular formula is C35H38F2O. The van der Waals surface area contributed by atoms with Gasteiger partial charge in [0.1, 0.15) is 6.10 Å². The fraction of sp³-hybridized carbons (Fsp3) is 0.371. The van der Waals surface area contributed by atoms with Crippen LogP contribution in [0.4, 0.5) is 8.78 Å². The minimum Gasteiger partial charge on any atom is -0.368 e. The van der Waals surface area contributed by atoms with E-state index in [2.05, 4.69) is 55.5 Å². The van der Waals surface area contributed by atoms with Crippen molar-refractivity contribution in [1.82, 2.24) is 0 Å². The second-order valence-electron chi connectivity index (χ2n) is 10.8. The molecule has 3 heteroatoms. The highest BCUT2D eigenvalue weighted by Crippen LogP contribution is 2.37. The van der Waals surface area contributed by atoms with Crippen LogP contribution in [0.2, 0.25) is 0 Å². The largest absolute Gasteiger partial charge is 0.368 e. The number of aryl methyl sites for hydroxylation is 2. The molecule has 0 spiro atoms. The van der Waals surface area contributed by atoms with Gasteiger partial charge in [-0.05, 0) is 92.4 Å². The van der Waals surface area contributed by atoms with Gasteiger partial charge < -0.3 is 4.74 Å². The summed E-state index contributed by atoms with van der Waals surface area (Å²) < 4.78 is 34.1. The zero-order chi connectivity index (χ0) is 26.3. The van der Waals surface area contributed by atoms with E-state index >= 15 is 0 Å². The lowest BCUT2D eigenvalue weighted by Crippen LogP contribution is -2.11. The normalized spacial score (nSPS) is 21.4. The van der Waals surface area contributed by atoms with Crippen molar-refractivity contribution in [2.24, 2.45) is 5.92 Å². The van der Waals surface area contributed by atoms with Crippen LogP contribution in [0.25, 0.3) is 11.1 Å². The molecule has 1 heterocycles. The van der Waals surface area contributed by atoms with Crippen LogP contribution in [0.3, 0.4) is 0 Å². The van der Waals surface area contributed by atoms with Gasteiger partial charge in [0.15, 0.2) is 11.6 Å². The van der Waals surface area contributed by atoms with Gasteiger partial charge in [-0.2, -0.15) is 0 Å². The van der Waals surface area contributed by atoms with Crippen molar-refractivity contribution < 1.29 is 13.5 Å². The first kappa shape index (κ1) is 26.6. The molecule has 1 unspecified atom stereocenters. The Morgan fingerprint density at radius 2 is 1.39 bits per heavy atom. The number of halogens is 2. The number of allylic oxidation sites excluding steroid dienone is 4. The number of rotatable bonds is 10. The molecule has 1 saturated carbocycles. The fourth-order valence-corrected chi connectivity index (χ4v) is 5.67. The summed E-state index contributed by atoms with van der Waals surface area (Å²) in [4.78, 5) is 0. The third-order valence-corrected chi connectivity index (χ3v) is 8.12. The molecule has 1 aliphatic heterocycles. The molecule has 0 N–H and O–H groups in total. The summed E-state index contributed by atoms with van der Waals surface area (Å²) >= 11 is 0. The van der Waals surface area contributed by atoms with Gasteiger partial charge in [0.2, 0.25) is 0 Å². The Morgan fingerprint density at radius 1 is 0.763 bits per heavy atom. The third kappa shape index (κ3) is 6.69. The van der Waals surface area contributed by atoms with E-state index in [1.54, 1.807) is 12.1 Å². The molecule has 3 aromatic rings. The number of epoxide rings is 1. The van der Waals surface area contributed by atoms with Gasteiger partial charge in [-0.3, -0.25) is 0 Å². The molecule has 0 aromatic heterocycles. The van der Waals surface area contributed by atoms with Crippen molar-refractivity contribution in [3.05, 3.63) is 119 Å². The maximum absolute atomic E-state index is 14.6. The Hall–Kier alpha value is -3.04. The predicted molar refractivity (Wildman–Crippen MR) is 152 cm³/mol. The molecule has 1 atom stereocenters. The Balaban J connectivity index is 1.06. The van der Waals surface area contributed by atoms with Crippen molar-refractivity contribution in [2.75, 3.05) is 6.61 Å². The number of ether oxygens (including phenoxy) is 1. The molecule has 0 radical (unpaired) electrons. The van der Waals surface area contributed by atoms with Crippen LogP contribution in [-0.2, 0) is 17.6 Å². The maximum atomic E-state index is 14.6. The molecule has 1 aliphatic carbocycles. The molecule has 1 nitrogen and oxygen atoms in total. The van der Waals surface area contributed by atoms with Crippen molar-refractivity contribution in [2.45, 2.75) is 70.3 Å². The fourth-order valence-electron chi connectivity index (χ4n) is 5.67. The van der Waals surface area contributed by atoms with E-state index < -0.39 is 11.6 Å². The predicted octanol–water partition coefficient (Wildman–Crippen LogP) is 9.67. The van der Waals surface area contributed by atoms with E-state index in [0.717, 1.165) is 25.7 Å². The van der Waals surface area contributed by atoms with E-state index in [0.29, 0.717) is 35.1 Å². The van der Waals surface area contributed by atoms with E-state index in [-0.39, 0.29) is 6.10 Å². The number of hydrogen-bond donors (Lipinski definition) is 0. The molecule has 1 saturated heterocycles. The van der Waals surface area contributed by atoms with Crippen molar-refractivity contribution in [3.8, 4) is 11.1 Å². The molecule has 2 aliphatic rings. The Kier molecular flexibility index (Phi) is 8.86. The van der Waals surface area contributed by atoms with Crippen LogP contribution in [-0.4, -0.2) is 6.61 Å². The lowest BCUT2D eigenvalue weighted by atomic mass is 9.78. The zero-order valence-electron chi connectivity index (χ0n) is 22.3. The van der Waals surface area contributed by atoms with Crippen LogP contribution in [0.15, 0.2) is 85.0 Å². The van der Waals surface area contributed by atoms with Crippen molar-refractivity contribution >= 4 is 0 Å². The number of hydrogen-bond acceptors (Lipinski definition) is 1.